The van der Waals surface area contributed by atoms with Gasteiger partial charge in [-0.2, -0.15) is 4.57 Å². The van der Waals surface area contributed by atoms with Gasteiger partial charge in [0.15, 0.2) is 11.0 Å². The molecule has 9 rings (SSSR count). The van der Waals surface area contributed by atoms with Gasteiger partial charge in [0.2, 0.25) is 0 Å². The molecule has 0 aliphatic heterocycles. The van der Waals surface area contributed by atoms with Gasteiger partial charge < -0.3 is 0 Å². The number of benzene rings is 7. The second-order valence-electron chi connectivity index (χ2n) is 14.0. The lowest BCUT2D eigenvalue weighted by Crippen LogP contribution is -2.30. The molecule has 48 heavy (non-hydrogen) atoms. The summed E-state index contributed by atoms with van der Waals surface area (Å²) in [6.07, 6.45) is 0. The van der Waals surface area contributed by atoms with Gasteiger partial charge in [0.1, 0.15) is 5.69 Å². The molecule has 2 nitrogen and oxygen atoms in total. The first-order valence-corrected chi connectivity index (χ1v) is 18.0. The number of fused-ring (bicyclic) bond motifs is 10. The highest BCUT2D eigenvalue weighted by Crippen LogP contribution is 2.47. The molecule has 0 saturated carbocycles. The van der Waals surface area contributed by atoms with Gasteiger partial charge in [-0.05, 0) is 75.5 Å². The third-order valence-corrected chi connectivity index (χ3v) is 11.7. The molecule has 0 aliphatic rings. The molecule has 0 bridgehead atoms. The highest BCUT2D eigenvalue weighted by atomic mass is 32.1. The monoisotopic (exact) mass is 639 g/mol. The van der Waals surface area contributed by atoms with E-state index in [1.165, 1.54) is 97.3 Å². The SMILES string of the molecule is Cc1ccc2c(sc3ccc4c5ccccc5ccc4c32)c1-c1n(-c2c(C(C)C)cccc2C(C)C)c2c3ccccc3ccc2[n+]1C. The molecule has 234 valence electrons. The van der Waals surface area contributed by atoms with Crippen LogP contribution in [0.5, 0.6) is 0 Å². The van der Waals surface area contributed by atoms with Crippen molar-refractivity contribution in [1.82, 2.24) is 4.57 Å². The fourth-order valence-electron chi connectivity index (χ4n) is 8.19. The summed E-state index contributed by atoms with van der Waals surface area (Å²) >= 11 is 1.94. The van der Waals surface area contributed by atoms with Crippen LogP contribution >= 0.6 is 11.3 Å². The summed E-state index contributed by atoms with van der Waals surface area (Å²) in [5.41, 5.74) is 9.22. The number of thiophene rings is 1. The second-order valence-corrected chi connectivity index (χ2v) is 15.1. The van der Waals surface area contributed by atoms with E-state index in [2.05, 4.69) is 166 Å². The van der Waals surface area contributed by atoms with Gasteiger partial charge in [-0.3, -0.25) is 0 Å². The standard InChI is InChI=1S/C45H39N2S/c1-26(2)31-16-11-17-32(27(3)4)42(31)47-43-34-15-10-8-13-30(34)20-24-38(43)46(6)45(47)40-28(5)18-21-37-41-36-22-19-29-12-7-9-14-33(29)35(36)23-25-39(41)48-44(37)40/h7-27H,1-6H3/q+1. The van der Waals surface area contributed by atoms with Gasteiger partial charge >= 0.3 is 0 Å². The average Bonchev–Trinajstić information content (AvgIpc) is 3.62. The normalized spacial score (nSPS) is 12.3. The quantitative estimate of drug-likeness (QED) is 0.134. The molecule has 0 spiro atoms. The van der Waals surface area contributed by atoms with Crippen LogP contribution in [0.25, 0.3) is 80.6 Å². The van der Waals surface area contributed by atoms with Gasteiger partial charge in [0.05, 0.1) is 17.3 Å². The number of rotatable bonds is 4. The number of imidazole rings is 1. The summed E-state index contributed by atoms with van der Waals surface area (Å²) in [7, 11) is 2.27. The molecule has 0 saturated heterocycles. The van der Waals surface area contributed by atoms with Crippen LogP contribution in [-0.4, -0.2) is 4.57 Å². The molecule has 0 unspecified atom stereocenters. The van der Waals surface area contributed by atoms with Crippen molar-refractivity contribution in [3.8, 4) is 17.1 Å². The third kappa shape index (κ3) is 4.07. The summed E-state index contributed by atoms with van der Waals surface area (Å²) in [5, 5.41) is 10.5. The average molecular weight is 640 g/mol. The summed E-state index contributed by atoms with van der Waals surface area (Å²) in [4.78, 5) is 0. The van der Waals surface area contributed by atoms with Crippen LogP contribution in [0.1, 0.15) is 56.2 Å². The van der Waals surface area contributed by atoms with Crippen LogP contribution in [-0.2, 0) is 7.05 Å². The van der Waals surface area contributed by atoms with E-state index in [0.29, 0.717) is 11.8 Å². The minimum absolute atomic E-state index is 0.367. The molecular formula is C45H39N2S+. The molecule has 0 amide bonds. The van der Waals surface area contributed by atoms with E-state index in [9.17, 15) is 0 Å². The van der Waals surface area contributed by atoms with Crippen molar-refractivity contribution >= 4 is 74.9 Å². The topological polar surface area (TPSA) is 8.81 Å². The molecule has 0 N–H and O–H groups in total. The third-order valence-electron chi connectivity index (χ3n) is 10.5. The van der Waals surface area contributed by atoms with Crippen molar-refractivity contribution < 1.29 is 4.57 Å². The van der Waals surface area contributed by atoms with Crippen LogP contribution in [0.3, 0.4) is 0 Å². The van der Waals surface area contributed by atoms with E-state index in [1.54, 1.807) is 0 Å². The minimum atomic E-state index is 0.367. The summed E-state index contributed by atoms with van der Waals surface area (Å²) < 4.78 is 7.78. The first kappa shape index (κ1) is 29.2. The predicted octanol–water partition coefficient (Wildman–Crippen LogP) is 12.5. The van der Waals surface area contributed by atoms with E-state index in [4.69, 9.17) is 0 Å². The van der Waals surface area contributed by atoms with Crippen molar-refractivity contribution in [2.24, 2.45) is 7.05 Å². The van der Waals surface area contributed by atoms with Crippen LogP contribution in [0.4, 0.5) is 0 Å². The molecule has 0 aliphatic carbocycles. The van der Waals surface area contributed by atoms with Crippen molar-refractivity contribution in [2.45, 2.75) is 46.5 Å². The van der Waals surface area contributed by atoms with Crippen molar-refractivity contribution in [3.05, 3.63) is 132 Å². The van der Waals surface area contributed by atoms with E-state index in [1.807, 2.05) is 11.3 Å². The molecule has 2 aromatic heterocycles. The van der Waals surface area contributed by atoms with E-state index < -0.39 is 0 Å². The zero-order chi connectivity index (χ0) is 32.8. The van der Waals surface area contributed by atoms with Crippen molar-refractivity contribution in [2.75, 3.05) is 0 Å². The van der Waals surface area contributed by atoms with Crippen LogP contribution < -0.4 is 4.57 Å². The molecule has 7 aromatic carbocycles. The van der Waals surface area contributed by atoms with Crippen molar-refractivity contribution in [1.29, 1.82) is 0 Å². The maximum absolute atomic E-state index is 2.64. The Labute approximate surface area is 285 Å². The number of nitrogens with zero attached hydrogens (tertiary/aromatic N) is 2. The number of hydrogen-bond acceptors (Lipinski definition) is 1. The Bertz CT molecular complexity index is 2730. The van der Waals surface area contributed by atoms with Gasteiger partial charge in [-0.25, -0.2) is 4.57 Å². The first-order chi connectivity index (χ1) is 23.3. The van der Waals surface area contributed by atoms with E-state index in [-0.39, 0.29) is 0 Å². The lowest BCUT2D eigenvalue weighted by Gasteiger charge is -2.19. The lowest BCUT2D eigenvalue weighted by molar-refractivity contribution is -0.633. The molecule has 0 fully saturated rings. The maximum atomic E-state index is 2.64. The van der Waals surface area contributed by atoms with E-state index in [0.717, 1.165) is 0 Å². The van der Waals surface area contributed by atoms with Crippen molar-refractivity contribution in [3.63, 3.8) is 0 Å². The Balaban J connectivity index is 1.49. The highest BCUT2D eigenvalue weighted by Gasteiger charge is 2.34. The lowest BCUT2D eigenvalue weighted by atomic mass is 9.92. The Kier molecular flexibility index (Phi) is 6.54. The molecule has 9 aromatic rings. The molecule has 0 radical (unpaired) electrons. The molecule has 2 heterocycles. The van der Waals surface area contributed by atoms with Crippen LogP contribution in [0.2, 0.25) is 0 Å². The Morgan fingerprint density at radius 1 is 0.583 bits per heavy atom. The van der Waals surface area contributed by atoms with Crippen LogP contribution in [0, 0.1) is 6.92 Å². The predicted molar refractivity (Wildman–Crippen MR) is 208 cm³/mol. The Hall–Kier alpha value is -4.99. The smallest absolute Gasteiger partial charge is 0.225 e. The van der Waals surface area contributed by atoms with Gasteiger partial charge in [0.25, 0.3) is 5.82 Å². The van der Waals surface area contributed by atoms with Gasteiger partial charge in [-0.1, -0.05) is 119 Å². The molecule has 0 atom stereocenters. The first-order valence-electron chi connectivity index (χ1n) is 17.2. The summed E-state index contributed by atoms with van der Waals surface area (Å²) in [6.45, 7) is 11.6. The van der Waals surface area contributed by atoms with E-state index >= 15 is 0 Å². The van der Waals surface area contributed by atoms with Gasteiger partial charge in [-0.15, -0.1) is 11.3 Å². The zero-order valence-corrected chi connectivity index (χ0v) is 29.2. The largest absolute Gasteiger partial charge is 0.296 e. The number of hydrogen-bond donors (Lipinski definition) is 0. The zero-order valence-electron chi connectivity index (χ0n) is 28.4. The van der Waals surface area contributed by atoms with Gasteiger partial charge in [0, 0.05) is 32.0 Å². The number of aryl methyl sites for hydroxylation is 2. The fraction of sp³-hybridized carbons (Fsp3) is 0.178. The fourth-order valence-corrected chi connectivity index (χ4v) is 9.50. The number of aromatic nitrogens is 2. The maximum Gasteiger partial charge on any atom is 0.296 e. The summed E-state index contributed by atoms with van der Waals surface area (Å²) in [6, 6.07) is 43.2. The Morgan fingerprint density at radius 2 is 1.21 bits per heavy atom. The molecular weight excluding hydrogens is 601 g/mol. The Morgan fingerprint density at radius 3 is 1.94 bits per heavy atom. The van der Waals surface area contributed by atoms with Crippen LogP contribution in [0.15, 0.2) is 115 Å². The molecule has 3 heteroatoms. The number of para-hydroxylation sites is 1. The minimum Gasteiger partial charge on any atom is -0.225 e. The summed E-state index contributed by atoms with van der Waals surface area (Å²) in [5.74, 6) is 1.97. The second kappa shape index (κ2) is 10.8. The highest BCUT2D eigenvalue weighted by molar-refractivity contribution is 7.26.